The predicted molar refractivity (Wildman–Crippen MR) is 72.4 cm³/mol. The molecule has 0 amide bonds. The van der Waals surface area contributed by atoms with Crippen LogP contribution in [0.3, 0.4) is 0 Å². The van der Waals surface area contributed by atoms with Gasteiger partial charge in [0.1, 0.15) is 0 Å². The molecule has 3 nitrogen and oxygen atoms in total. The second-order valence-electron chi connectivity index (χ2n) is 5.23. The van der Waals surface area contributed by atoms with E-state index in [1.165, 1.54) is 6.07 Å². The summed E-state index contributed by atoms with van der Waals surface area (Å²) >= 11 is 0. The van der Waals surface area contributed by atoms with E-state index in [9.17, 15) is 13.9 Å². The molecule has 2 atom stereocenters. The molecule has 112 valence electrons. The smallest absolute Gasteiger partial charge is 0.159 e. The number of morpholine rings is 1. The lowest BCUT2D eigenvalue weighted by Crippen LogP contribution is -2.44. The monoisotopic (exact) mass is 285 g/mol. The highest BCUT2D eigenvalue weighted by Crippen LogP contribution is 2.19. The first kappa shape index (κ1) is 15.4. The van der Waals surface area contributed by atoms with Crippen LogP contribution >= 0.6 is 0 Å². The number of β-amino-alcohol motifs (C(OH)–C–C–N with tert-alkyl or cyclic N) is 1. The molecule has 0 aromatic heterocycles. The van der Waals surface area contributed by atoms with Crippen LogP contribution in [-0.2, 0) is 4.74 Å². The highest BCUT2D eigenvalue weighted by Gasteiger charge is 2.22. The summed E-state index contributed by atoms with van der Waals surface area (Å²) in [5.41, 5.74) is 0.405. The SMILES string of the molecule is CCCC1CN(CC(O)c2ccc(F)c(F)c2)CCO1. The summed E-state index contributed by atoms with van der Waals surface area (Å²) in [5, 5.41) is 10.1. The number of aliphatic hydroxyl groups is 1. The maximum Gasteiger partial charge on any atom is 0.159 e. The third-order valence-electron chi connectivity index (χ3n) is 3.59. The van der Waals surface area contributed by atoms with E-state index in [-0.39, 0.29) is 6.10 Å². The minimum absolute atomic E-state index is 0.200. The van der Waals surface area contributed by atoms with E-state index in [1.54, 1.807) is 0 Å². The van der Waals surface area contributed by atoms with E-state index in [4.69, 9.17) is 4.74 Å². The summed E-state index contributed by atoms with van der Waals surface area (Å²) in [7, 11) is 0. The van der Waals surface area contributed by atoms with Crippen LogP contribution in [0.15, 0.2) is 18.2 Å². The van der Waals surface area contributed by atoms with Crippen molar-refractivity contribution in [3.8, 4) is 0 Å². The fourth-order valence-corrected chi connectivity index (χ4v) is 2.51. The van der Waals surface area contributed by atoms with E-state index in [0.29, 0.717) is 18.7 Å². The van der Waals surface area contributed by atoms with Crippen LogP contribution in [0.2, 0.25) is 0 Å². The van der Waals surface area contributed by atoms with Gasteiger partial charge in [0.25, 0.3) is 0 Å². The molecule has 5 heteroatoms. The molecule has 1 heterocycles. The van der Waals surface area contributed by atoms with Gasteiger partial charge in [0.15, 0.2) is 11.6 Å². The van der Waals surface area contributed by atoms with Crippen LogP contribution < -0.4 is 0 Å². The number of hydrogen-bond acceptors (Lipinski definition) is 3. The fourth-order valence-electron chi connectivity index (χ4n) is 2.51. The van der Waals surface area contributed by atoms with Crippen LogP contribution in [-0.4, -0.2) is 42.4 Å². The van der Waals surface area contributed by atoms with E-state index < -0.39 is 17.7 Å². The minimum atomic E-state index is -0.924. The molecule has 1 aliphatic rings. The summed E-state index contributed by atoms with van der Waals surface area (Å²) in [6.45, 7) is 4.69. The van der Waals surface area contributed by atoms with E-state index in [2.05, 4.69) is 11.8 Å². The van der Waals surface area contributed by atoms with Crippen molar-refractivity contribution in [2.75, 3.05) is 26.2 Å². The zero-order valence-electron chi connectivity index (χ0n) is 11.7. The van der Waals surface area contributed by atoms with Crippen LogP contribution in [0.5, 0.6) is 0 Å². The van der Waals surface area contributed by atoms with Gasteiger partial charge in [0.05, 0.1) is 18.8 Å². The first-order chi connectivity index (χ1) is 9.60. The molecule has 1 fully saturated rings. The Hall–Kier alpha value is -1.04. The number of ether oxygens (including phenoxy) is 1. The fraction of sp³-hybridized carbons (Fsp3) is 0.600. The van der Waals surface area contributed by atoms with Gasteiger partial charge in [-0.2, -0.15) is 0 Å². The van der Waals surface area contributed by atoms with Crippen molar-refractivity contribution in [2.24, 2.45) is 0 Å². The Morgan fingerprint density at radius 3 is 2.90 bits per heavy atom. The van der Waals surface area contributed by atoms with E-state index in [0.717, 1.165) is 38.1 Å². The Morgan fingerprint density at radius 2 is 2.20 bits per heavy atom. The van der Waals surface area contributed by atoms with Gasteiger partial charge < -0.3 is 9.84 Å². The molecule has 20 heavy (non-hydrogen) atoms. The van der Waals surface area contributed by atoms with Crippen molar-refractivity contribution < 1.29 is 18.6 Å². The van der Waals surface area contributed by atoms with Crippen molar-refractivity contribution in [3.05, 3.63) is 35.4 Å². The maximum absolute atomic E-state index is 13.2. The van der Waals surface area contributed by atoms with Crippen LogP contribution in [0.4, 0.5) is 8.78 Å². The lowest BCUT2D eigenvalue weighted by atomic mass is 10.1. The number of rotatable bonds is 5. The molecular formula is C15H21F2NO2. The third kappa shape index (κ3) is 3.98. The van der Waals surface area contributed by atoms with Crippen molar-refractivity contribution in [1.29, 1.82) is 0 Å². The second kappa shape index (κ2) is 7.11. The van der Waals surface area contributed by atoms with Gasteiger partial charge in [-0.05, 0) is 24.1 Å². The Morgan fingerprint density at radius 1 is 1.40 bits per heavy atom. The van der Waals surface area contributed by atoms with Gasteiger partial charge in [-0.15, -0.1) is 0 Å². The average Bonchev–Trinajstić information content (AvgIpc) is 2.42. The average molecular weight is 285 g/mol. The van der Waals surface area contributed by atoms with Crippen molar-refractivity contribution in [1.82, 2.24) is 4.90 Å². The molecule has 0 saturated carbocycles. The zero-order valence-corrected chi connectivity index (χ0v) is 11.7. The quantitative estimate of drug-likeness (QED) is 0.902. The van der Waals surface area contributed by atoms with E-state index in [1.807, 2.05) is 0 Å². The van der Waals surface area contributed by atoms with E-state index >= 15 is 0 Å². The molecule has 0 aliphatic carbocycles. The summed E-state index contributed by atoms with van der Waals surface area (Å²) in [5.74, 6) is -1.82. The van der Waals surface area contributed by atoms with Crippen molar-refractivity contribution >= 4 is 0 Å². The van der Waals surface area contributed by atoms with Crippen molar-refractivity contribution in [3.63, 3.8) is 0 Å². The number of aliphatic hydroxyl groups excluding tert-OH is 1. The van der Waals surface area contributed by atoms with Crippen LogP contribution in [0, 0.1) is 11.6 Å². The lowest BCUT2D eigenvalue weighted by Gasteiger charge is -2.34. The maximum atomic E-state index is 13.2. The largest absolute Gasteiger partial charge is 0.387 e. The molecule has 2 rings (SSSR count). The Kier molecular flexibility index (Phi) is 5.46. The van der Waals surface area contributed by atoms with Gasteiger partial charge in [0, 0.05) is 19.6 Å². The number of nitrogens with zero attached hydrogens (tertiary/aromatic N) is 1. The van der Waals surface area contributed by atoms with Crippen molar-refractivity contribution in [2.45, 2.75) is 32.0 Å². The topological polar surface area (TPSA) is 32.7 Å². The summed E-state index contributed by atoms with van der Waals surface area (Å²) in [6, 6.07) is 3.53. The Labute approximate surface area is 118 Å². The molecule has 1 aromatic carbocycles. The number of hydrogen-bond donors (Lipinski definition) is 1. The first-order valence-electron chi connectivity index (χ1n) is 7.07. The standard InChI is InChI=1S/C15H21F2NO2/c1-2-3-12-9-18(6-7-20-12)10-15(19)11-4-5-13(16)14(17)8-11/h4-5,8,12,15,19H,2-3,6-7,9-10H2,1H3. The first-order valence-corrected chi connectivity index (χ1v) is 7.07. The number of benzene rings is 1. The van der Waals surface area contributed by atoms with Crippen LogP contribution in [0.25, 0.3) is 0 Å². The lowest BCUT2D eigenvalue weighted by molar-refractivity contribution is -0.0440. The predicted octanol–water partition coefficient (Wildman–Crippen LogP) is 2.50. The zero-order chi connectivity index (χ0) is 14.5. The molecule has 1 N–H and O–H groups in total. The molecule has 1 aliphatic heterocycles. The van der Waals surface area contributed by atoms with Gasteiger partial charge in [0.2, 0.25) is 0 Å². The molecule has 0 spiro atoms. The Balaban J connectivity index is 1.93. The normalized spacial score (nSPS) is 21.9. The number of halogens is 2. The molecular weight excluding hydrogens is 264 g/mol. The summed E-state index contributed by atoms with van der Waals surface area (Å²) < 4.78 is 31.7. The Bertz CT molecular complexity index is 440. The molecule has 1 aromatic rings. The van der Waals surface area contributed by atoms with Crippen LogP contribution in [0.1, 0.15) is 31.4 Å². The highest BCUT2D eigenvalue weighted by atomic mass is 19.2. The highest BCUT2D eigenvalue weighted by molar-refractivity contribution is 5.20. The molecule has 0 bridgehead atoms. The molecule has 2 unspecified atom stereocenters. The third-order valence-corrected chi connectivity index (χ3v) is 3.59. The summed E-state index contributed by atoms with van der Waals surface area (Å²) in [6.07, 6.45) is 1.44. The van der Waals surface area contributed by atoms with Gasteiger partial charge >= 0.3 is 0 Å². The summed E-state index contributed by atoms with van der Waals surface area (Å²) in [4.78, 5) is 2.11. The second-order valence-corrected chi connectivity index (χ2v) is 5.23. The minimum Gasteiger partial charge on any atom is -0.387 e. The van der Waals surface area contributed by atoms with Gasteiger partial charge in [-0.3, -0.25) is 4.90 Å². The molecule has 0 radical (unpaired) electrons. The molecule has 1 saturated heterocycles. The van der Waals surface area contributed by atoms with Gasteiger partial charge in [-0.1, -0.05) is 19.4 Å². The van der Waals surface area contributed by atoms with Gasteiger partial charge in [-0.25, -0.2) is 8.78 Å².